The minimum atomic E-state index is 0.282. The minimum Gasteiger partial charge on any atom is -0.382 e. The largest absolute Gasteiger partial charge is 0.382 e. The van der Waals surface area contributed by atoms with Gasteiger partial charge >= 0.3 is 0 Å². The molecule has 15 heavy (non-hydrogen) atoms. The smallest absolute Gasteiger partial charge is 0.154 e. The lowest BCUT2D eigenvalue weighted by atomic mass is 10.00. The van der Waals surface area contributed by atoms with Gasteiger partial charge in [-0.1, -0.05) is 13.0 Å². The van der Waals surface area contributed by atoms with Crippen LogP contribution >= 0.6 is 11.3 Å². The first-order chi connectivity index (χ1) is 7.21. The molecule has 4 heteroatoms. The average molecular weight is 219 g/mol. The Kier molecular flexibility index (Phi) is 1.71. The summed E-state index contributed by atoms with van der Waals surface area (Å²) in [5, 5.41) is 9.31. The molecular weight excluding hydrogens is 206 g/mol. The van der Waals surface area contributed by atoms with E-state index >= 15 is 0 Å². The second kappa shape index (κ2) is 2.85. The molecule has 3 N–H and O–H groups in total. The fraction of sp³-hybridized carbons (Fsp3) is 0.364. The summed E-state index contributed by atoms with van der Waals surface area (Å²) in [6, 6.07) is 4.15. The first-order valence-electron chi connectivity index (χ1n) is 5.09. The maximum Gasteiger partial charge on any atom is 0.154 e. The van der Waals surface area contributed by atoms with Gasteiger partial charge in [0.05, 0.1) is 11.3 Å². The predicted molar refractivity (Wildman–Crippen MR) is 62.9 cm³/mol. The van der Waals surface area contributed by atoms with E-state index in [0.29, 0.717) is 5.82 Å². The molecule has 0 aliphatic heterocycles. The number of anilines is 1. The number of nitrogens with two attached hydrogens (primary N) is 1. The van der Waals surface area contributed by atoms with Crippen LogP contribution in [0.3, 0.4) is 0 Å². The molecule has 1 aliphatic rings. The van der Waals surface area contributed by atoms with Gasteiger partial charge in [0.25, 0.3) is 0 Å². The van der Waals surface area contributed by atoms with Gasteiger partial charge in [0.2, 0.25) is 0 Å². The van der Waals surface area contributed by atoms with Gasteiger partial charge < -0.3 is 5.73 Å². The van der Waals surface area contributed by atoms with E-state index in [-0.39, 0.29) is 5.41 Å². The molecule has 0 spiro atoms. The Hall–Kier alpha value is -1.29. The minimum absolute atomic E-state index is 0.282. The third kappa shape index (κ3) is 1.28. The molecule has 3 nitrogen and oxygen atoms in total. The number of hydrogen-bond donors (Lipinski definition) is 2. The summed E-state index contributed by atoms with van der Waals surface area (Å²) in [7, 11) is 0. The molecule has 0 atom stereocenters. The van der Waals surface area contributed by atoms with Crippen molar-refractivity contribution in [2.24, 2.45) is 0 Å². The van der Waals surface area contributed by atoms with Gasteiger partial charge in [-0.15, -0.1) is 11.3 Å². The molecule has 1 aliphatic carbocycles. The Labute approximate surface area is 92.3 Å². The average Bonchev–Trinajstić information content (AvgIpc) is 2.71. The van der Waals surface area contributed by atoms with Gasteiger partial charge in [-0.3, -0.25) is 5.10 Å². The van der Waals surface area contributed by atoms with Crippen LogP contribution in [-0.2, 0) is 5.41 Å². The molecule has 0 bridgehead atoms. The molecule has 0 amide bonds. The normalized spacial score (nSPS) is 17.9. The molecular formula is C11H13N3S. The van der Waals surface area contributed by atoms with E-state index in [1.165, 1.54) is 23.4 Å². The van der Waals surface area contributed by atoms with Crippen LogP contribution in [0.15, 0.2) is 17.5 Å². The number of nitrogen functional groups attached to an aromatic ring is 1. The molecule has 0 radical (unpaired) electrons. The standard InChI is InChI=1S/C11H13N3S/c1-11(4-5-11)9-8(10(12)14-13-9)7-3-2-6-15-7/h2-3,6H,4-5H2,1H3,(H3,12,13,14). The lowest BCUT2D eigenvalue weighted by Crippen LogP contribution is -2.02. The van der Waals surface area contributed by atoms with Crippen LogP contribution in [-0.4, -0.2) is 10.2 Å². The number of aromatic nitrogens is 2. The van der Waals surface area contributed by atoms with Crippen molar-refractivity contribution in [3.63, 3.8) is 0 Å². The van der Waals surface area contributed by atoms with Crippen molar-refractivity contribution in [1.29, 1.82) is 0 Å². The zero-order valence-corrected chi connectivity index (χ0v) is 9.40. The Balaban J connectivity index is 2.17. The summed E-state index contributed by atoms with van der Waals surface area (Å²) >= 11 is 1.71. The van der Waals surface area contributed by atoms with Gasteiger partial charge in [0.15, 0.2) is 5.82 Å². The Morgan fingerprint density at radius 2 is 2.33 bits per heavy atom. The maximum atomic E-state index is 5.92. The molecule has 2 aromatic heterocycles. The lowest BCUT2D eigenvalue weighted by molar-refractivity contribution is 0.744. The number of hydrogen-bond acceptors (Lipinski definition) is 3. The van der Waals surface area contributed by atoms with Gasteiger partial charge in [-0.05, 0) is 24.3 Å². The van der Waals surface area contributed by atoms with Crippen molar-refractivity contribution in [1.82, 2.24) is 10.2 Å². The zero-order valence-electron chi connectivity index (χ0n) is 8.58. The number of thiophene rings is 1. The molecule has 0 unspecified atom stereocenters. The summed E-state index contributed by atoms with van der Waals surface area (Å²) < 4.78 is 0. The van der Waals surface area contributed by atoms with Gasteiger partial charge in [0, 0.05) is 10.3 Å². The van der Waals surface area contributed by atoms with E-state index in [2.05, 4.69) is 28.6 Å². The highest BCUT2D eigenvalue weighted by Crippen LogP contribution is 2.51. The molecule has 0 aromatic carbocycles. The predicted octanol–water partition coefficient (Wildman–Crippen LogP) is 2.77. The maximum absolute atomic E-state index is 5.92. The number of nitrogens with one attached hydrogen (secondary N) is 1. The van der Waals surface area contributed by atoms with Crippen LogP contribution < -0.4 is 5.73 Å². The van der Waals surface area contributed by atoms with Crippen LogP contribution in [0, 0.1) is 0 Å². The van der Waals surface area contributed by atoms with Crippen molar-refractivity contribution in [2.75, 3.05) is 5.73 Å². The van der Waals surface area contributed by atoms with E-state index in [9.17, 15) is 0 Å². The monoisotopic (exact) mass is 219 g/mol. The van der Waals surface area contributed by atoms with Crippen molar-refractivity contribution in [2.45, 2.75) is 25.2 Å². The van der Waals surface area contributed by atoms with Crippen molar-refractivity contribution >= 4 is 17.2 Å². The molecule has 78 valence electrons. The van der Waals surface area contributed by atoms with Crippen molar-refractivity contribution < 1.29 is 0 Å². The number of rotatable bonds is 2. The first-order valence-corrected chi connectivity index (χ1v) is 5.97. The van der Waals surface area contributed by atoms with E-state index in [1.54, 1.807) is 11.3 Å². The topological polar surface area (TPSA) is 54.7 Å². The second-order valence-corrected chi connectivity index (χ2v) is 5.34. The van der Waals surface area contributed by atoms with E-state index in [0.717, 1.165) is 5.56 Å². The summed E-state index contributed by atoms with van der Waals surface area (Å²) in [5.41, 5.74) is 8.53. The van der Waals surface area contributed by atoms with Gasteiger partial charge in [0.1, 0.15) is 0 Å². The quantitative estimate of drug-likeness (QED) is 0.816. The zero-order chi connectivity index (χ0) is 10.5. The molecule has 1 saturated carbocycles. The summed E-state index contributed by atoms with van der Waals surface area (Å²) in [5.74, 6) is 0.626. The van der Waals surface area contributed by atoms with Crippen molar-refractivity contribution in [3.8, 4) is 10.4 Å². The summed E-state index contributed by atoms with van der Waals surface area (Å²) in [6.07, 6.45) is 2.46. The lowest BCUT2D eigenvalue weighted by Gasteiger charge is -2.07. The van der Waals surface area contributed by atoms with Crippen LogP contribution in [0.2, 0.25) is 0 Å². The van der Waals surface area contributed by atoms with Crippen molar-refractivity contribution in [3.05, 3.63) is 23.2 Å². The fourth-order valence-electron chi connectivity index (χ4n) is 1.90. The highest BCUT2D eigenvalue weighted by atomic mass is 32.1. The van der Waals surface area contributed by atoms with E-state index in [4.69, 9.17) is 5.73 Å². The highest BCUT2D eigenvalue weighted by Gasteiger charge is 2.43. The van der Waals surface area contributed by atoms with Gasteiger partial charge in [-0.25, -0.2) is 0 Å². The highest BCUT2D eigenvalue weighted by molar-refractivity contribution is 7.13. The molecule has 2 heterocycles. The molecule has 3 rings (SSSR count). The SMILES string of the molecule is CC1(c2[nH]nc(N)c2-c2cccs2)CC1. The summed E-state index contributed by atoms with van der Waals surface area (Å²) in [4.78, 5) is 1.21. The van der Waals surface area contributed by atoms with E-state index in [1.807, 2.05) is 6.07 Å². The third-order valence-electron chi connectivity index (χ3n) is 3.17. The Bertz CT molecular complexity index is 480. The molecule has 0 saturated heterocycles. The van der Waals surface area contributed by atoms with Gasteiger partial charge in [-0.2, -0.15) is 5.10 Å². The summed E-state index contributed by atoms with van der Waals surface area (Å²) in [6.45, 7) is 2.26. The number of nitrogens with zero attached hydrogens (tertiary/aromatic N) is 1. The number of H-pyrrole nitrogens is 1. The van der Waals surface area contributed by atoms with Crippen LogP contribution in [0.1, 0.15) is 25.5 Å². The second-order valence-electron chi connectivity index (χ2n) is 4.40. The Morgan fingerprint density at radius 3 is 2.93 bits per heavy atom. The van der Waals surface area contributed by atoms with Crippen LogP contribution in [0.4, 0.5) is 5.82 Å². The van der Waals surface area contributed by atoms with Crippen LogP contribution in [0.25, 0.3) is 10.4 Å². The molecule has 2 aromatic rings. The van der Waals surface area contributed by atoms with Crippen LogP contribution in [0.5, 0.6) is 0 Å². The Morgan fingerprint density at radius 1 is 1.53 bits per heavy atom. The number of aromatic amines is 1. The first kappa shape index (κ1) is 8.97. The fourth-order valence-corrected chi connectivity index (χ4v) is 2.69. The molecule has 1 fully saturated rings. The van der Waals surface area contributed by atoms with E-state index < -0.39 is 0 Å². The third-order valence-corrected chi connectivity index (χ3v) is 4.05.